The maximum atomic E-state index is 11.4. The van der Waals surface area contributed by atoms with Crippen LogP contribution in [0.25, 0.3) is 0 Å². The number of hydrogen-bond acceptors (Lipinski definition) is 5. The number of nitrogens with zero attached hydrogens (tertiary/aromatic N) is 1. The fourth-order valence-corrected chi connectivity index (χ4v) is 1.78. The Balaban J connectivity index is 0. The van der Waals surface area contributed by atoms with Gasteiger partial charge >= 0.3 is 0 Å². The molecule has 0 saturated heterocycles. The number of methoxy groups -OCH3 is 1. The largest absolute Gasteiger partial charge is 0.370 e. The van der Waals surface area contributed by atoms with Crippen LogP contribution in [0.3, 0.4) is 0 Å². The molecule has 100 valence electrons. The van der Waals surface area contributed by atoms with Crippen molar-refractivity contribution < 1.29 is 9.53 Å². The van der Waals surface area contributed by atoms with Crippen LogP contribution < -0.4 is 11.1 Å². The van der Waals surface area contributed by atoms with Gasteiger partial charge in [-0.1, -0.05) is 0 Å². The van der Waals surface area contributed by atoms with E-state index in [1.54, 1.807) is 0 Å². The quantitative estimate of drug-likeness (QED) is 0.846. The first-order chi connectivity index (χ1) is 7.17. The van der Waals surface area contributed by atoms with Crippen molar-refractivity contribution in [2.45, 2.75) is 19.6 Å². The normalized spacial score (nSPS) is 11.0. The van der Waals surface area contributed by atoms with Crippen LogP contribution in [0.1, 0.15) is 10.7 Å². The van der Waals surface area contributed by atoms with Crippen molar-refractivity contribution in [3.63, 3.8) is 0 Å². The molecule has 1 aromatic heterocycles. The minimum Gasteiger partial charge on any atom is -0.370 e. The Morgan fingerprint density at radius 2 is 2.29 bits per heavy atom. The molecule has 8 heteroatoms. The van der Waals surface area contributed by atoms with Crippen molar-refractivity contribution >= 4 is 42.1 Å². The van der Waals surface area contributed by atoms with E-state index in [-0.39, 0.29) is 37.3 Å². The molecule has 0 fully saturated rings. The van der Waals surface area contributed by atoms with E-state index in [4.69, 9.17) is 10.5 Å². The molecule has 0 aliphatic carbocycles. The van der Waals surface area contributed by atoms with Gasteiger partial charge < -0.3 is 15.8 Å². The first kappa shape index (κ1) is 19.0. The number of rotatable bonds is 5. The first-order valence-electron chi connectivity index (χ1n) is 4.59. The van der Waals surface area contributed by atoms with Gasteiger partial charge in [0.15, 0.2) is 0 Å². The van der Waals surface area contributed by atoms with E-state index in [9.17, 15) is 4.79 Å². The highest BCUT2D eigenvalue weighted by molar-refractivity contribution is 7.09. The van der Waals surface area contributed by atoms with Crippen LogP contribution in [0.4, 0.5) is 0 Å². The molecule has 1 atom stereocenters. The topological polar surface area (TPSA) is 77.2 Å². The van der Waals surface area contributed by atoms with Crippen molar-refractivity contribution in [2.24, 2.45) is 5.73 Å². The average Bonchev–Trinajstić information content (AvgIpc) is 2.63. The lowest BCUT2D eigenvalue weighted by Crippen LogP contribution is -2.40. The van der Waals surface area contributed by atoms with Crippen LogP contribution in [0, 0.1) is 6.92 Å². The molecule has 0 saturated carbocycles. The molecule has 17 heavy (non-hydrogen) atoms. The summed E-state index contributed by atoms with van der Waals surface area (Å²) in [5.41, 5.74) is 6.32. The van der Waals surface area contributed by atoms with E-state index < -0.39 is 6.10 Å². The minimum atomic E-state index is -0.578. The number of ether oxygens (including phenoxy) is 1. The Bertz CT molecular complexity index is 332. The van der Waals surface area contributed by atoms with E-state index >= 15 is 0 Å². The van der Waals surface area contributed by atoms with Gasteiger partial charge in [-0.2, -0.15) is 0 Å². The second-order valence-electron chi connectivity index (χ2n) is 3.06. The highest BCUT2D eigenvalue weighted by Gasteiger charge is 2.15. The molecule has 0 aliphatic heterocycles. The molecule has 0 radical (unpaired) electrons. The molecule has 1 unspecified atom stereocenters. The summed E-state index contributed by atoms with van der Waals surface area (Å²) >= 11 is 1.52. The predicted octanol–water partition coefficient (Wildman–Crippen LogP) is 0.885. The highest BCUT2D eigenvalue weighted by atomic mass is 35.5. The van der Waals surface area contributed by atoms with Crippen LogP contribution in [-0.4, -0.2) is 30.6 Å². The highest BCUT2D eigenvalue weighted by Crippen LogP contribution is 2.07. The summed E-state index contributed by atoms with van der Waals surface area (Å²) in [4.78, 5) is 15.7. The number of thiazole rings is 1. The third-order valence-electron chi connectivity index (χ3n) is 1.87. The number of nitrogens with one attached hydrogen (secondary N) is 1. The third-order valence-corrected chi connectivity index (χ3v) is 2.84. The van der Waals surface area contributed by atoms with E-state index in [2.05, 4.69) is 10.3 Å². The van der Waals surface area contributed by atoms with Crippen LogP contribution in [0.15, 0.2) is 5.38 Å². The van der Waals surface area contributed by atoms with Crippen molar-refractivity contribution in [3.05, 3.63) is 16.1 Å². The monoisotopic (exact) mass is 301 g/mol. The minimum absolute atomic E-state index is 0. The fourth-order valence-electron chi connectivity index (χ4n) is 1.07. The second-order valence-corrected chi connectivity index (χ2v) is 4.00. The molecule has 0 spiro atoms. The Labute approximate surface area is 117 Å². The van der Waals surface area contributed by atoms with Gasteiger partial charge in [0.05, 0.1) is 6.54 Å². The lowest BCUT2D eigenvalue weighted by atomic mass is 10.3. The van der Waals surface area contributed by atoms with E-state index in [1.807, 2.05) is 12.3 Å². The summed E-state index contributed by atoms with van der Waals surface area (Å²) in [5.74, 6) is -0.201. The molecule has 1 aromatic rings. The van der Waals surface area contributed by atoms with Gasteiger partial charge in [0.25, 0.3) is 5.91 Å². The summed E-state index contributed by atoms with van der Waals surface area (Å²) in [6, 6.07) is 0. The number of carbonyl (C=O) groups excluding carboxylic acids is 1. The first-order valence-corrected chi connectivity index (χ1v) is 5.47. The van der Waals surface area contributed by atoms with Crippen LogP contribution in [-0.2, 0) is 16.1 Å². The molecule has 3 N–H and O–H groups in total. The molecule has 5 nitrogen and oxygen atoms in total. The summed E-state index contributed by atoms with van der Waals surface area (Å²) in [7, 11) is 1.46. The Morgan fingerprint density at radius 1 is 1.65 bits per heavy atom. The number of hydrogen-bond donors (Lipinski definition) is 2. The molecule has 1 amide bonds. The number of amides is 1. The molecule has 0 bridgehead atoms. The summed E-state index contributed by atoms with van der Waals surface area (Å²) in [5, 5.41) is 5.54. The summed E-state index contributed by atoms with van der Waals surface area (Å²) in [6.07, 6.45) is -0.578. The maximum Gasteiger partial charge on any atom is 0.250 e. The maximum absolute atomic E-state index is 11.4. The molecule has 1 rings (SSSR count). The standard InChI is InChI=1S/C9H15N3O2S.2ClH/c1-6-5-15-8(12-6)4-11-9(13)7(3-10)14-2;;/h5,7H,3-4,10H2,1-2H3,(H,11,13);2*1H. The van der Waals surface area contributed by atoms with E-state index in [0.29, 0.717) is 6.54 Å². The zero-order chi connectivity index (χ0) is 11.3. The van der Waals surface area contributed by atoms with Gasteiger partial charge in [-0.3, -0.25) is 4.79 Å². The Kier molecular flexibility index (Phi) is 10.7. The number of nitrogens with two attached hydrogens (primary N) is 1. The van der Waals surface area contributed by atoms with Crippen molar-refractivity contribution in [1.29, 1.82) is 0 Å². The lowest BCUT2D eigenvalue weighted by Gasteiger charge is -2.11. The summed E-state index contributed by atoms with van der Waals surface area (Å²) < 4.78 is 4.90. The smallest absolute Gasteiger partial charge is 0.250 e. The van der Waals surface area contributed by atoms with E-state index in [0.717, 1.165) is 10.7 Å². The van der Waals surface area contributed by atoms with Crippen LogP contribution >= 0.6 is 36.2 Å². The van der Waals surface area contributed by atoms with Crippen LogP contribution in [0.2, 0.25) is 0 Å². The van der Waals surface area contributed by atoms with Gasteiger partial charge in [0.1, 0.15) is 11.1 Å². The molecular weight excluding hydrogens is 285 g/mol. The van der Waals surface area contributed by atoms with Gasteiger partial charge in [0.2, 0.25) is 0 Å². The third kappa shape index (κ3) is 6.18. The number of carbonyl (C=O) groups is 1. The molecular formula is C9H17Cl2N3O2S. The number of halogens is 2. The fraction of sp³-hybridized carbons (Fsp3) is 0.556. The van der Waals surface area contributed by atoms with Crippen molar-refractivity contribution in [1.82, 2.24) is 10.3 Å². The van der Waals surface area contributed by atoms with Crippen LogP contribution in [0.5, 0.6) is 0 Å². The number of aryl methyl sites for hydroxylation is 1. The lowest BCUT2D eigenvalue weighted by molar-refractivity contribution is -0.130. The predicted molar refractivity (Wildman–Crippen MR) is 73.0 cm³/mol. The van der Waals surface area contributed by atoms with Crippen molar-refractivity contribution in [3.8, 4) is 0 Å². The van der Waals surface area contributed by atoms with Gasteiger partial charge in [-0.15, -0.1) is 36.2 Å². The molecule has 1 heterocycles. The zero-order valence-corrected chi connectivity index (χ0v) is 12.1. The Hall–Kier alpha value is -0.400. The Morgan fingerprint density at radius 3 is 2.71 bits per heavy atom. The number of aromatic nitrogens is 1. The van der Waals surface area contributed by atoms with Gasteiger partial charge in [-0.25, -0.2) is 4.98 Å². The molecule has 0 aliphatic rings. The zero-order valence-electron chi connectivity index (χ0n) is 9.63. The van der Waals surface area contributed by atoms with Gasteiger partial charge in [-0.05, 0) is 6.92 Å². The van der Waals surface area contributed by atoms with Crippen molar-refractivity contribution in [2.75, 3.05) is 13.7 Å². The average molecular weight is 302 g/mol. The van der Waals surface area contributed by atoms with Gasteiger partial charge in [0, 0.05) is 24.7 Å². The van der Waals surface area contributed by atoms with E-state index in [1.165, 1.54) is 18.4 Å². The molecule has 0 aromatic carbocycles. The SMILES string of the molecule is COC(CN)C(=O)NCc1nc(C)cs1.Cl.Cl. The summed E-state index contributed by atoms with van der Waals surface area (Å²) in [6.45, 7) is 2.52. The second kappa shape index (κ2) is 9.61.